The Balaban J connectivity index is 1.43. The molecular weight excluding hydrogens is 528 g/mol. The molecule has 0 radical (unpaired) electrons. The van der Waals surface area contributed by atoms with Gasteiger partial charge < -0.3 is 9.83 Å². The summed E-state index contributed by atoms with van der Waals surface area (Å²) in [6, 6.07) is 41.3. The van der Waals surface area contributed by atoms with Gasteiger partial charge in [-0.15, -0.1) is 0 Å². The Kier molecular flexibility index (Phi) is 5.86. The van der Waals surface area contributed by atoms with Crippen LogP contribution in [0.3, 0.4) is 0 Å². The van der Waals surface area contributed by atoms with Crippen molar-refractivity contribution in [3.8, 4) is 22.8 Å². The van der Waals surface area contributed by atoms with Gasteiger partial charge in [0.2, 0.25) is 0 Å². The van der Waals surface area contributed by atoms with E-state index in [1.165, 1.54) is 22.4 Å². The maximum Gasteiger partial charge on any atom is 0.164 e. The fraction of sp³-hybridized carbons (Fsp3) is 0. The second-order valence-corrected chi connectivity index (χ2v) is 10.4. The van der Waals surface area contributed by atoms with Gasteiger partial charge in [0.1, 0.15) is 5.58 Å². The number of rotatable bonds is 5. The molecule has 0 spiro atoms. The highest BCUT2D eigenvalue weighted by Crippen LogP contribution is 2.38. The number of nitrogens with zero attached hydrogens (tertiary/aromatic N) is 3. The van der Waals surface area contributed by atoms with E-state index >= 15 is 0 Å². The third-order valence-electron chi connectivity index (χ3n) is 7.92. The van der Waals surface area contributed by atoms with Crippen LogP contribution in [-0.4, -0.2) is 21.2 Å². The summed E-state index contributed by atoms with van der Waals surface area (Å²) >= 11 is 0. The Morgan fingerprint density at radius 2 is 1.28 bits per heavy atom. The number of aromatic nitrogens is 3. The molecule has 5 nitrogen and oxygen atoms in total. The van der Waals surface area contributed by atoms with Gasteiger partial charge in [-0.05, 0) is 50.5 Å². The van der Waals surface area contributed by atoms with Gasteiger partial charge in [-0.1, -0.05) is 109 Å². The molecule has 0 bridgehead atoms. The highest BCUT2D eigenvalue weighted by molar-refractivity contribution is 6.23. The van der Waals surface area contributed by atoms with E-state index in [9.17, 15) is 0 Å². The molecule has 0 saturated heterocycles. The fourth-order valence-electron chi connectivity index (χ4n) is 5.95. The SMILES string of the molecule is N=C/C=C(/c1nc(-c2ccccc2)nc(-c2cc3ccc4ccccc4c3c3ccccc23)n1)c1coc2ccccc12. The molecule has 8 aromatic rings. The van der Waals surface area contributed by atoms with Crippen molar-refractivity contribution < 1.29 is 4.42 Å². The molecule has 0 aliphatic rings. The normalized spacial score (nSPS) is 12.0. The van der Waals surface area contributed by atoms with E-state index in [1.807, 2.05) is 54.6 Å². The lowest BCUT2D eigenvalue weighted by atomic mass is 9.93. The summed E-state index contributed by atoms with van der Waals surface area (Å²) in [5, 5.41) is 15.9. The molecule has 5 heteroatoms. The first-order valence-corrected chi connectivity index (χ1v) is 14.1. The molecule has 0 saturated carbocycles. The van der Waals surface area contributed by atoms with Crippen molar-refractivity contribution in [3.63, 3.8) is 0 Å². The van der Waals surface area contributed by atoms with Gasteiger partial charge in [0.05, 0.1) is 6.26 Å². The van der Waals surface area contributed by atoms with Crippen LogP contribution in [0.2, 0.25) is 0 Å². The molecule has 0 unspecified atom stereocenters. The second kappa shape index (κ2) is 10.2. The van der Waals surface area contributed by atoms with Gasteiger partial charge in [-0.3, -0.25) is 0 Å². The van der Waals surface area contributed by atoms with E-state index < -0.39 is 0 Å². The molecule has 0 fully saturated rings. The van der Waals surface area contributed by atoms with E-state index in [0.717, 1.165) is 43.8 Å². The van der Waals surface area contributed by atoms with Gasteiger partial charge in [0.15, 0.2) is 17.5 Å². The summed E-state index contributed by atoms with van der Waals surface area (Å²) in [4.78, 5) is 15.1. The molecule has 0 amide bonds. The van der Waals surface area contributed by atoms with Crippen molar-refractivity contribution in [1.82, 2.24) is 15.0 Å². The number of benzene rings is 6. The number of furan rings is 1. The summed E-state index contributed by atoms with van der Waals surface area (Å²) in [5.41, 5.74) is 4.08. The largest absolute Gasteiger partial charge is 0.464 e. The number of hydrogen-bond acceptors (Lipinski definition) is 5. The van der Waals surface area contributed by atoms with Crippen LogP contribution in [0.25, 0.3) is 71.6 Å². The standard InChI is InChI=1S/C38H24N4O/c39-21-20-31(33-23-43-34-17-9-8-15-29(33)34)37-40-36(25-11-2-1-3-12-25)41-38(42-37)32-22-26-19-18-24-10-4-5-13-27(24)35(26)30-16-7-6-14-28(30)32/h1-23,39H/b31-20+,39-21?. The van der Waals surface area contributed by atoms with Crippen molar-refractivity contribution in [1.29, 1.82) is 5.41 Å². The molecule has 0 atom stereocenters. The van der Waals surface area contributed by atoms with Gasteiger partial charge >= 0.3 is 0 Å². The average molecular weight is 553 g/mol. The molecule has 1 N–H and O–H groups in total. The summed E-state index contributed by atoms with van der Waals surface area (Å²) in [6.45, 7) is 0. The van der Waals surface area contributed by atoms with Gasteiger partial charge in [0, 0.05) is 33.9 Å². The number of hydrogen-bond donors (Lipinski definition) is 1. The van der Waals surface area contributed by atoms with Crippen LogP contribution >= 0.6 is 0 Å². The molecular formula is C38H24N4O. The number of allylic oxidation sites excluding steroid dienone is 1. The molecule has 2 aromatic heterocycles. The van der Waals surface area contributed by atoms with Crippen LogP contribution in [-0.2, 0) is 0 Å². The minimum atomic E-state index is 0.474. The fourth-order valence-corrected chi connectivity index (χ4v) is 5.95. The predicted molar refractivity (Wildman–Crippen MR) is 175 cm³/mol. The Hall–Kier alpha value is -5.94. The van der Waals surface area contributed by atoms with Crippen LogP contribution in [0.4, 0.5) is 0 Å². The maximum atomic E-state index is 7.99. The lowest BCUT2D eigenvalue weighted by molar-refractivity contribution is 0.614. The summed E-state index contributed by atoms with van der Waals surface area (Å²) in [6.07, 6.45) is 4.69. The smallest absolute Gasteiger partial charge is 0.164 e. The van der Waals surface area contributed by atoms with Crippen LogP contribution in [0, 0.1) is 5.41 Å². The van der Waals surface area contributed by atoms with Gasteiger partial charge in [0.25, 0.3) is 0 Å². The highest BCUT2D eigenvalue weighted by atomic mass is 16.3. The Morgan fingerprint density at radius 1 is 0.605 bits per heavy atom. The van der Waals surface area contributed by atoms with Crippen LogP contribution in [0.5, 0.6) is 0 Å². The quantitative estimate of drug-likeness (QED) is 0.170. The summed E-state index contributed by atoms with van der Waals surface area (Å²) in [7, 11) is 0. The molecule has 0 aliphatic carbocycles. The predicted octanol–water partition coefficient (Wildman–Crippen LogP) is 9.49. The monoisotopic (exact) mass is 552 g/mol. The lowest BCUT2D eigenvalue weighted by Gasteiger charge is -2.14. The minimum Gasteiger partial charge on any atom is -0.464 e. The zero-order valence-electron chi connectivity index (χ0n) is 23.0. The second-order valence-electron chi connectivity index (χ2n) is 10.4. The van der Waals surface area contributed by atoms with Crippen LogP contribution in [0.1, 0.15) is 11.4 Å². The first-order chi connectivity index (χ1) is 21.3. The van der Waals surface area contributed by atoms with Gasteiger partial charge in [-0.2, -0.15) is 0 Å². The van der Waals surface area contributed by atoms with Crippen molar-refractivity contribution in [2.24, 2.45) is 0 Å². The van der Waals surface area contributed by atoms with E-state index in [1.54, 1.807) is 12.3 Å². The molecule has 8 rings (SSSR count). The van der Waals surface area contributed by atoms with Crippen molar-refractivity contribution in [3.05, 3.63) is 145 Å². The Morgan fingerprint density at radius 3 is 2.12 bits per heavy atom. The van der Waals surface area contributed by atoms with E-state index in [0.29, 0.717) is 23.0 Å². The first-order valence-electron chi connectivity index (χ1n) is 14.1. The Bertz CT molecular complexity index is 2370. The van der Waals surface area contributed by atoms with Crippen molar-refractivity contribution in [2.75, 3.05) is 0 Å². The van der Waals surface area contributed by atoms with Crippen molar-refractivity contribution >= 4 is 55.1 Å². The molecule has 43 heavy (non-hydrogen) atoms. The number of para-hydroxylation sites is 1. The van der Waals surface area contributed by atoms with Crippen LogP contribution in [0.15, 0.2) is 138 Å². The van der Waals surface area contributed by atoms with E-state index in [4.69, 9.17) is 24.8 Å². The zero-order chi connectivity index (χ0) is 28.8. The average Bonchev–Trinajstić information content (AvgIpc) is 3.50. The molecule has 6 aromatic carbocycles. The number of fused-ring (bicyclic) bond motifs is 6. The molecule has 202 valence electrons. The molecule has 0 aliphatic heterocycles. The summed E-state index contributed by atoms with van der Waals surface area (Å²) in [5.74, 6) is 1.60. The third-order valence-corrected chi connectivity index (χ3v) is 7.92. The van der Waals surface area contributed by atoms with Gasteiger partial charge in [-0.25, -0.2) is 15.0 Å². The topological polar surface area (TPSA) is 75.7 Å². The molecule has 2 heterocycles. The van der Waals surface area contributed by atoms with E-state index in [2.05, 4.69) is 66.7 Å². The van der Waals surface area contributed by atoms with E-state index in [-0.39, 0.29) is 0 Å². The van der Waals surface area contributed by atoms with Crippen molar-refractivity contribution in [2.45, 2.75) is 0 Å². The minimum absolute atomic E-state index is 0.474. The highest BCUT2D eigenvalue weighted by Gasteiger charge is 2.20. The zero-order valence-corrected chi connectivity index (χ0v) is 23.0. The first kappa shape index (κ1) is 24.8. The summed E-state index contributed by atoms with van der Waals surface area (Å²) < 4.78 is 5.88. The maximum absolute atomic E-state index is 7.99. The number of nitrogens with one attached hydrogen (secondary N) is 1. The van der Waals surface area contributed by atoms with Crippen LogP contribution < -0.4 is 0 Å². The Labute approximate surface area is 247 Å². The third kappa shape index (κ3) is 4.18. The lowest BCUT2D eigenvalue weighted by Crippen LogP contribution is -2.04.